The van der Waals surface area contributed by atoms with Crippen molar-refractivity contribution in [1.82, 2.24) is 4.98 Å². The Morgan fingerprint density at radius 2 is 2.50 bits per heavy atom. The zero-order valence-electron chi connectivity index (χ0n) is 6.66. The second-order valence-electron chi connectivity index (χ2n) is 2.78. The van der Waals surface area contributed by atoms with Crippen molar-refractivity contribution in [3.05, 3.63) is 36.2 Å². The molecule has 0 amide bonds. The van der Waals surface area contributed by atoms with Crippen molar-refractivity contribution < 1.29 is 5.84 Å². The summed E-state index contributed by atoms with van der Waals surface area (Å²) < 4.78 is 5.16. The second kappa shape index (κ2) is 2.85. The Hall–Kier alpha value is -1.51. The fraction of sp³-hybridized carbons (Fsp3) is 0.222. The lowest BCUT2D eigenvalue weighted by Crippen LogP contribution is -1.99. The molecule has 3 heteroatoms. The van der Waals surface area contributed by atoms with Crippen molar-refractivity contribution in [2.45, 2.75) is 12.8 Å². The zero-order valence-corrected chi connectivity index (χ0v) is 6.66. The Kier molecular flexibility index (Phi) is 1.70. The van der Waals surface area contributed by atoms with Gasteiger partial charge in [-0.3, -0.25) is 0 Å². The van der Waals surface area contributed by atoms with E-state index < -0.39 is 0 Å². The normalized spacial score (nSPS) is 17.0. The smallest absolute Gasteiger partial charge is 0.181 e. The van der Waals surface area contributed by atoms with Crippen LogP contribution in [0.5, 0.6) is 0 Å². The van der Waals surface area contributed by atoms with E-state index >= 15 is 0 Å². The van der Waals surface area contributed by atoms with Gasteiger partial charge in [-0.1, -0.05) is 6.08 Å². The maximum Gasteiger partial charge on any atom is 0.181 e. The van der Waals surface area contributed by atoms with Gasteiger partial charge in [-0.05, 0) is 24.5 Å². The van der Waals surface area contributed by atoms with Crippen LogP contribution in [0.25, 0.3) is 5.57 Å². The van der Waals surface area contributed by atoms with Gasteiger partial charge in [0.2, 0.25) is 0 Å². The summed E-state index contributed by atoms with van der Waals surface area (Å²) in [7, 11) is 0. The lowest BCUT2D eigenvalue weighted by atomic mass is 10.0. The molecule has 0 bridgehead atoms. The molecule has 0 atom stereocenters. The molecule has 0 spiro atoms. The lowest BCUT2D eigenvalue weighted by Gasteiger charge is -2.07. The molecular formula is C9H12N2O. The molecule has 1 aromatic heterocycles. The minimum absolute atomic E-state index is 0. The number of hydrogen-bond donors (Lipinski definition) is 1. The van der Waals surface area contributed by atoms with Crippen molar-refractivity contribution in [3.63, 3.8) is 0 Å². The van der Waals surface area contributed by atoms with Crippen LogP contribution in [0.3, 0.4) is 0 Å². The van der Waals surface area contributed by atoms with Gasteiger partial charge in [0.05, 0.1) is 6.20 Å². The van der Waals surface area contributed by atoms with Crippen LogP contribution in [0.1, 0.15) is 20.0 Å². The summed E-state index contributed by atoms with van der Waals surface area (Å²) in [4.78, 5) is 3.85. The molecule has 12 heavy (non-hydrogen) atoms. The van der Waals surface area contributed by atoms with Crippen molar-refractivity contribution in [2.24, 2.45) is 5.73 Å². The zero-order chi connectivity index (χ0) is 8.39. The van der Waals surface area contributed by atoms with Crippen molar-refractivity contribution >= 4 is 5.57 Å². The van der Waals surface area contributed by atoms with Gasteiger partial charge < -0.3 is 10.2 Å². The van der Waals surface area contributed by atoms with E-state index in [-0.39, 0.29) is 1.43 Å². The first-order chi connectivity index (χ1) is 5.86. The molecule has 2 N–H and O–H groups in total. The van der Waals surface area contributed by atoms with E-state index in [9.17, 15) is 0 Å². The lowest BCUT2D eigenvalue weighted by molar-refractivity contribution is 0.541. The molecule has 1 aliphatic carbocycles. The maximum atomic E-state index is 5.65. The standard InChI is InChI=1S/C9H10N2O.H2/c10-8-3-1-2-7(4-8)9-5-11-6-12-9;/h3-6H,1-2,10H2;1H. The number of oxazole rings is 1. The molecule has 0 fully saturated rings. The summed E-state index contributed by atoms with van der Waals surface area (Å²) in [5, 5.41) is 0. The van der Waals surface area contributed by atoms with Crippen LogP contribution in [0, 0.1) is 0 Å². The summed E-state index contributed by atoms with van der Waals surface area (Å²) in [6.07, 6.45) is 9.06. The van der Waals surface area contributed by atoms with E-state index in [1.165, 1.54) is 6.39 Å². The van der Waals surface area contributed by atoms with Gasteiger partial charge in [0.25, 0.3) is 0 Å². The second-order valence-corrected chi connectivity index (χ2v) is 2.78. The number of allylic oxidation sites excluding steroid dienone is 3. The Morgan fingerprint density at radius 3 is 3.17 bits per heavy atom. The third-order valence-corrected chi connectivity index (χ3v) is 1.88. The summed E-state index contributed by atoms with van der Waals surface area (Å²) >= 11 is 0. The van der Waals surface area contributed by atoms with Crippen LogP contribution in [0.15, 0.2) is 34.9 Å². The fourth-order valence-electron chi connectivity index (χ4n) is 1.30. The van der Waals surface area contributed by atoms with E-state index in [4.69, 9.17) is 10.2 Å². The van der Waals surface area contributed by atoms with Crippen LogP contribution in [0.4, 0.5) is 0 Å². The molecule has 64 valence electrons. The molecule has 0 aromatic carbocycles. The highest BCUT2D eigenvalue weighted by Gasteiger charge is 2.08. The first kappa shape index (κ1) is 7.16. The van der Waals surface area contributed by atoms with E-state index in [0.29, 0.717) is 0 Å². The number of nitrogens with two attached hydrogens (primary N) is 1. The van der Waals surface area contributed by atoms with E-state index in [1.807, 2.05) is 12.2 Å². The molecule has 0 aliphatic heterocycles. The molecule has 0 saturated heterocycles. The number of nitrogens with zero attached hydrogens (tertiary/aromatic N) is 1. The Morgan fingerprint density at radius 1 is 1.58 bits per heavy atom. The molecule has 2 rings (SSSR count). The molecule has 0 radical (unpaired) electrons. The average molecular weight is 164 g/mol. The number of rotatable bonds is 1. The minimum atomic E-state index is 0. The van der Waals surface area contributed by atoms with Crippen molar-refractivity contribution in [1.29, 1.82) is 0 Å². The fourth-order valence-corrected chi connectivity index (χ4v) is 1.30. The summed E-state index contributed by atoms with van der Waals surface area (Å²) in [5.41, 5.74) is 7.60. The highest BCUT2D eigenvalue weighted by atomic mass is 16.3. The van der Waals surface area contributed by atoms with Crippen molar-refractivity contribution in [2.75, 3.05) is 0 Å². The Labute approximate surface area is 72.1 Å². The van der Waals surface area contributed by atoms with Crippen LogP contribution in [0.2, 0.25) is 0 Å². The van der Waals surface area contributed by atoms with Gasteiger partial charge in [-0.2, -0.15) is 0 Å². The highest BCUT2D eigenvalue weighted by Crippen LogP contribution is 2.24. The molecule has 3 nitrogen and oxygen atoms in total. The minimum Gasteiger partial charge on any atom is -0.444 e. The van der Waals surface area contributed by atoms with Crippen molar-refractivity contribution in [3.8, 4) is 0 Å². The Balaban J connectivity index is 0.000000845. The molecule has 0 unspecified atom stereocenters. The summed E-state index contributed by atoms with van der Waals surface area (Å²) in [6.45, 7) is 0. The largest absolute Gasteiger partial charge is 0.444 e. The molecule has 1 aromatic rings. The first-order valence-corrected chi connectivity index (χ1v) is 3.91. The van der Waals surface area contributed by atoms with Crippen LogP contribution < -0.4 is 5.73 Å². The van der Waals surface area contributed by atoms with E-state index in [1.54, 1.807) is 6.20 Å². The summed E-state index contributed by atoms with van der Waals surface area (Å²) in [5.74, 6) is 0.825. The van der Waals surface area contributed by atoms with Crippen LogP contribution >= 0.6 is 0 Å². The van der Waals surface area contributed by atoms with Crippen LogP contribution in [-0.4, -0.2) is 4.98 Å². The van der Waals surface area contributed by atoms with Gasteiger partial charge in [0.1, 0.15) is 5.76 Å². The number of hydrogen-bond acceptors (Lipinski definition) is 3. The third-order valence-electron chi connectivity index (χ3n) is 1.88. The predicted octanol–water partition coefficient (Wildman–Crippen LogP) is 1.94. The van der Waals surface area contributed by atoms with E-state index in [2.05, 4.69) is 4.98 Å². The third kappa shape index (κ3) is 1.25. The van der Waals surface area contributed by atoms with Gasteiger partial charge in [0.15, 0.2) is 6.39 Å². The molecular weight excluding hydrogens is 152 g/mol. The van der Waals surface area contributed by atoms with E-state index in [0.717, 1.165) is 29.9 Å². The highest BCUT2D eigenvalue weighted by molar-refractivity contribution is 5.65. The maximum absolute atomic E-state index is 5.65. The molecule has 0 saturated carbocycles. The SMILES string of the molecule is NC1=CCCC(c2cnco2)=C1.[HH]. The molecule has 1 heterocycles. The predicted molar refractivity (Wildman–Crippen MR) is 48.1 cm³/mol. The first-order valence-electron chi connectivity index (χ1n) is 3.91. The van der Waals surface area contributed by atoms with Gasteiger partial charge >= 0.3 is 0 Å². The quantitative estimate of drug-likeness (QED) is 0.690. The van der Waals surface area contributed by atoms with Gasteiger partial charge in [-0.25, -0.2) is 4.98 Å². The van der Waals surface area contributed by atoms with Crippen LogP contribution in [-0.2, 0) is 0 Å². The number of aromatic nitrogens is 1. The Bertz CT molecular complexity index is 327. The topological polar surface area (TPSA) is 52.0 Å². The monoisotopic (exact) mass is 164 g/mol. The summed E-state index contributed by atoms with van der Waals surface area (Å²) in [6, 6.07) is 0. The van der Waals surface area contributed by atoms with Gasteiger partial charge in [-0.15, -0.1) is 0 Å². The van der Waals surface area contributed by atoms with Gasteiger partial charge in [0, 0.05) is 7.12 Å². The average Bonchev–Trinajstić information content (AvgIpc) is 2.56. The molecule has 1 aliphatic rings.